The van der Waals surface area contributed by atoms with Gasteiger partial charge in [0.05, 0.1) is 0 Å². The second-order valence-corrected chi connectivity index (χ2v) is 6.16. The summed E-state index contributed by atoms with van der Waals surface area (Å²) in [7, 11) is 1.90. The Morgan fingerprint density at radius 1 is 1.00 bits per heavy atom. The molecule has 2 rings (SSSR count). The molecule has 0 aromatic heterocycles. The van der Waals surface area contributed by atoms with Gasteiger partial charge >= 0.3 is 0 Å². The first-order valence-corrected chi connectivity index (χ1v) is 6.96. The van der Waals surface area contributed by atoms with Crippen molar-refractivity contribution in [2.45, 2.75) is 32.7 Å². The maximum atomic E-state index is 13.5. The molecule has 0 saturated carbocycles. The molecule has 0 heterocycles. The number of halogens is 1. The summed E-state index contributed by atoms with van der Waals surface area (Å²) < 4.78 is 13.5. The first kappa shape index (κ1) is 14.7. The van der Waals surface area contributed by atoms with E-state index >= 15 is 0 Å². The molecule has 0 saturated heterocycles. The average molecular weight is 271 g/mol. The standard InChI is InChI=1S/C18H22FN/c1-18(2,3)15-8-5-13(6-9-15)17-11-16(19)10-7-14(17)12-20-4/h5-11,20H,12H2,1-4H3. The first-order chi connectivity index (χ1) is 9.41. The minimum absolute atomic E-state index is 0.133. The molecular weight excluding hydrogens is 249 g/mol. The van der Waals surface area contributed by atoms with E-state index in [1.165, 1.54) is 11.6 Å². The van der Waals surface area contributed by atoms with Crippen LogP contribution in [-0.2, 0) is 12.0 Å². The molecule has 2 aromatic carbocycles. The van der Waals surface area contributed by atoms with Gasteiger partial charge in [-0.15, -0.1) is 0 Å². The predicted molar refractivity (Wildman–Crippen MR) is 83.3 cm³/mol. The zero-order valence-corrected chi connectivity index (χ0v) is 12.6. The second-order valence-electron chi connectivity index (χ2n) is 6.16. The molecule has 20 heavy (non-hydrogen) atoms. The summed E-state index contributed by atoms with van der Waals surface area (Å²) in [6.45, 7) is 7.31. The van der Waals surface area contributed by atoms with Crippen molar-refractivity contribution in [3.63, 3.8) is 0 Å². The highest BCUT2D eigenvalue weighted by molar-refractivity contribution is 5.67. The molecule has 0 bridgehead atoms. The van der Waals surface area contributed by atoms with Crippen LogP contribution in [0.25, 0.3) is 11.1 Å². The predicted octanol–water partition coefficient (Wildman–Crippen LogP) is 4.51. The third-order valence-corrected chi connectivity index (χ3v) is 3.50. The minimum Gasteiger partial charge on any atom is -0.316 e. The normalized spacial score (nSPS) is 11.7. The Bertz CT molecular complexity index is 579. The van der Waals surface area contributed by atoms with E-state index in [9.17, 15) is 4.39 Å². The van der Waals surface area contributed by atoms with Gasteiger partial charge in [0, 0.05) is 6.54 Å². The summed E-state index contributed by atoms with van der Waals surface area (Å²) >= 11 is 0. The van der Waals surface area contributed by atoms with Crippen molar-refractivity contribution >= 4 is 0 Å². The fraction of sp³-hybridized carbons (Fsp3) is 0.333. The Morgan fingerprint density at radius 3 is 2.20 bits per heavy atom. The molecule has 0 aliphatic heterocycles. The molecule has 0 amide bonds. The van der Waals surface area contributed by atoms with Gasteiger partial charge < -0.3 is 5.32 Å². The van der Waals surface area contributed by atoms with Crippen LogP contribution in [0.4, 0.5) is 4.39 Å². The quantitative estimate of drug-likeness (QED) is 0.866. The monoisotopic (exact) mass is 271 g/mol. The number of hydrogen-bond donors (Lipinski definition) is 1. The van der Waals surface area contributed by atoms with E-state index in [-0.39, 0.29) is 11.2 Å². The van der Waals surface area contributed by atoms with Gasteiger partial charge in [-0.25, -0.2) is 4.39 Å². The third-order valence-electron chi connectivity index (χ3n) is 3.50. The van der Waals surface area contributed by atoms with E-state index in [4.69, 9.17) is 0 Å². The Balaban J connectivity index is 2.43. The molecule has 106 valence electrons. The van der Waals surface area contributed by atoms with Crippen LogP contribution < -0.4 is 5.32 Å². The lowest BCUT2D eigenvalue weighted by molar-refractivity contribution is 0.590. The molecule has 0 atom stereocenters. The Kier molecular flexibility index (Phi) is 4.24. The van der Waals surface area contributed by atoms with Gasteiger partial charge in [-0.3, -0.25) is 0 Å². The van der Waals surface area contributed by atoms with Gasteiger partial charge in [-0.2, -0.15) is 0 Å². The fourth-order valence-electron chi connectivity index (χ4n) is 2.31. The van der Waals surface area contributed by atoms with Crippen molar-refractivity contribution in [3.05, 3.63) is 59.4 Å². The van der Waals surface area contributed by atoms with Crippen LogP contribution in [0.5, 0.6) is 0 Å². The summed E-state index contributed by atoms with van der Waals surface area (Å²) in [4.78, 5) is 0. The SMILES string of the molecule is CNCc1ccc(F)cc1-c1ccc(C(C)(C)C)cc1. The van der Waals surface area contributed by atoms with E-state index in [0.29, 0.717) is 0 Å². The van der Waals surface area contributed by atoms with Gasteiger partial charge in [0.1, 0.15) is 5.82 Å². The van der Waals surface area contributed by atoms with Gasteiger partial charge in [0.2, 0.25) is 0 Å². The lowest BCUT2D eigenvalue weighted by atomic mass is 9.86. The summed E-state index contributed by atoms with van der Waals surface area (Å²) in [5.74, 6) is -0.195. The van der Waals surface area contributed by atoms with Crippen molar-refractivity contribution < 1.29 is 4.39 Å². The van der Waals surface area contributed by atoms with E-state index in [2.05, 4.69) is 50.4 Å². The summed E-state index contributed by atoms with van der Waals surface area (Å²) in [5.41, 5.74) is 4.54. The van der Waals surface area contributed by atoms with Crippen molar-refractivity contribution in [1.82, 2.24) is 5.32 Å². The van der Waals surface area contributed by atoms with Crippen LogP contribution in [-0.4, -0.2) is 7.05 Å². The van der Waals surface area contributed by atoms with Crippen LogP contribution in [0.2, 0.25) is 0 Å². The molecule has 0 fully saturated rings. The van der Waals surface area contributed by atoms with Crippen molar-refractivity contribution in [3.8, 4) is 11.1 Å². The topological polar surface area (TPSA) is 12.0 Å². The summed E-state index contributed by atoms with van der Waals surface area (Å²) in [6.07, 6.45) is 0. The highest BCUT2D eigenvalue weighted by Crippen LogP contribution is 2.28. The van der Waals surface area contributed by atoms with Gasteiger partial charge in [-0.05, 0) is 46.8 Å². The molecule has 0 spiro atoms. The Labute approximate surface area is 120 Å². The van der Waals surface area contributed by atoms with Crippen LogP contribution in [0.1, 0.15) is 31.9 Å². The van der Waals surface area contributed by atoms with Crippen LogP contribution in [0.3, 0.4) is 0 Å². The smallest absolute Gasteiger partial charge is 0.123 e. The molecule has 0 unspecified atom stereocenters. The van der Waals surface area contributed by atoms with E-state index in [1.54, 1.807) is 6.07 Å². The van der Waals surface area contributed by atoms with Crippen molar-refractivity contribution in [1.29, 1.82) is 0 Å². The molecule has 2 aromatic rings. The average Bonchev–Trinajstić information content (AvgIpc) is 2.40. The highest BCUT2D eigenvalue weighted by Gasteiger charge is 2.14. The molecule has 0 radical (unpaired) electrons. The summed E-state index contributed by atoms with van der Waals surface area (Å²) in [6, 6.07) is 13.4. The number of hydrogen-bond acceptors (Lipinski definition) is 1. The number of nitrogens with one attached hydrogen (secondary N) is 1. The first-order valence-electron chi connectivity index (χ1n) is 6.96. The molecule has 2 heteroatoms. The third kappa shape index (κ3) is 3.26. The van der Waals surface area contributed by atoms with Crippen LogP contribution in [0, 0.1) is 5.82 Å². The molecule has 1 nitrogen and oxygen atoms in total. The highest BCUT2D eigenvalue weighted by atomic mass is 19.1. The van der Waals surface area contributed by atoms with Crippen LogP contribution in [0.15, 0.2) is 42.5 Å². The number of rotatable bonds is 3. The van der Waals surface area contributed by atoms with Gasteiger partial charge in [-0.1, -0.05) is 51.1 Å². The lowest BCUT2D eigenvalue weighted by Gasteiger charge is -2.19. The summed E-state index contributed by atoms with van der Waals surface area (Å²) in [5, 5.41) is 3.13. The van der Waals surface area contributed by atoms with Crippen molar-refractivity contribution in [2.24, 2.45) is 0 Å². The van der Waals surface area contributed by atoms with Crippen molar-refractivity contribution in [2.75, 3.05) is 7.05 Å². The molecular formula is C18H22FN. The maximum absolute atomic E-state index is 13.5. The van der Waals surface area contributed by atoms with Crippen LogP contribution >= 0.6 is 0 Å². The number of benzene rings is 2. The van der Waals surface area contributed by atoms with Gasteiger partial charge in [0.15, 0.2) is 0 Å². The maximum Gasteiger partial charge on any atom is 0.123 e. The largest absolute Gasteiger partial charge is 0.316 e. The zero-order chi connectivity index (χ0) is 14.8. The lowest BCUT2D eigenvalue weighted by Crippen LogP contribution is -2.10. The second kappa shape index (κ2) is 5.76. The van der Waals surface area contributed by atoms with E-state index < -0.39 is 0 Å². The molecule has 0 aliphatic carbocycles. The minimum atomic E-state index is -0.195. The molecule has 1 N–H and O–H groups in total. The Morgan fingerprint density at radius 2 is 1.65 bits per heavy atom. The molecule has 0 aliphatic rings. The fourth-order valence-corrected chi connectivity index (χ4v) is 2.31. The van der Waals surface area contributed by atoms with E-state index in [1.807, 2.05) is 13.1 Å². The van der Waals surface area contributed by atoms with Gasteiger partial charge in [0.25, 0.3) is 0 Å². The zero-order valence-electron chi connectivity index (χ0n) is 12.6. The Hall–Kier alpha value is -1.67. The van der Waals surface area contributed by atoms with E-state index in [0.717, 1.165) is 23.2 Å².